The maximum atomic E-state index is 11.7. The van der Waals surface area contributed by atoms with E-state index >= 15 is 0 Å². The number of hydrogen-bond donors (Lipinski definition) is 1. The number of halogens is 2. The van der Waals surface area contributed by atoms with Gasteiger partial charge in [0.25, 0.3) is 0 Å². The first-order valence-electron chi connectivity index (χ1n) is 5.63. The molecule has 0 unspecified atom stereocenters. The smallest absolute Gasteiger partial charge is 0.410 e. The Balaban J connectivity index is 0.00000162. The molecular formula is C12H16Cl2N2O2. The molecule has 1 fully saturated rings. The Hall–Kier alpha value is -0.970. The summed E-state index contributed by atoms with van der Waals surface area (Å²) in [5.74, 6) is 0. The number of nitrogens with zero attached hydrogens (tertiary/aromatic N) is 1. The highest BCUT2D eigenvalue weighted by Gasteiger charge is 2.17. The second-order valence-corrected chi connectivity index (χ2v) is 4.29. The number of amides is 1. The van der Waals surface area contributed by atoms with Gasteiger partial charge in [-0.1, -0.05) is 29.8 Å². The van der Waals surface area contributed by atoms with Gasteiger partial charge in [0.15, 0.2) is 0 Å². The van der Waals surface area contributed by atoms with Crippen molar-refractivity contribution in [2.24, 2.45) is 0 Å². The van der Waals surface area contributed by atoms with Crippen LogP contribution in [0, 0.1) is 0 Å². The second-order valence-electron chi connectivity index (χ2n) is 3.88. The van der Waals surface area contributed by atoms with Crippen molar-refractivity contribution in [3.63, 3.8) is 0 Å². The molecule has 1 saturated heterocycles. The Bertz CT molecular complexity index is 395. The minimum absolute atomic E-state index is 0. The van der Waals surface area contributed by atoms with Crippen LogP contribution in [0.1, 0.15) is 5.56 Å². The summed E-state index contributed by atoms with van der Waals surface area (Å²) in [7, 11) is 0. The number of carbonyl (C=O) groups is 1. The van der Waals surface area contributed by atoms with Crippen molar-refractivity contribution in [3.8, 4) is 0 Å². The molecule has 1 heterocycles. The molecule has 0 bridgehead atoms. The van der Waals surface area contributed by atoms with Gasteiger partial charge in [0.05, 0.1) is 0 Å². The Morgan fingerprint density at radius 1 is 1.33 bits per heavy atom. The van der Waals surface area contributed by atoms with E-state index in [0.29, 0.717) is 18.1 Å². The van der Waals surface area contributed by atoms with E-state index in [-0.39, 0.29) is 25.1 Å². The van der Waals surface area contributed by atoms with Crippen LogP contribution in [0.4, 0.5) is 4.79 Å². The topological polar surface area (TPSA) is 41.6 Å². The molecule has 100 valence electrons. The molecule has 0 aliphatic carbocycles. The Labute approximate surface area is 118 Å². The highest BCUT2D eigenvalue weighted by atomic mass is 35.5. The molecule has 1 amide bonds. The molecule has 0 spiro atoms. The number of carbonyl (C=O) groups excluding carboxylic acids is 1. The minimum Gasteiger partial charge on any atom is -0.444 e. The van der Waals surface area contributed by atoms with Crippen LogP contribution in [0.5, 0.6) is 0 Å². The summed E-state index contributed by atoms with van der Waals surface area (Å²) in [5, 5.41) is 3.81. The van der Waals surface area contributed by atoms with Crippen LogP contribution in [0.15, 0.2) is 24.3 Å². The zero-order valence-electron chi connectivity index (χ0n) is 9.89. The lowest BCUT2D eigenvalue weighted by Gasteiger charge is -2.26. The number of ether oxygens (including phenoxy) is 1. The van der Waals surface area contributed by atoms with E-state index in [9.17, 15) is 4.79 Å². The molecule has 1 aromatic carbocycles. The highest BCUT2D eigenvalue weighted by molar-refractivity contribution is 6.31. The van der Waals surface area contributed by atoms with Gasteiger partial charge in [-0.3, -0.25) is 0 Å². The van der Waals surface area contributed by atoms with Crippen molar-refractivity contribution < 1.29 is 9.53 Å². The zero-order valence-corrected chi connectivity index (χ0v) is 11.5. The molecule has 0 saturated carbocycles. The first-order chi connectivity index (χ1) is 8.27. The molecule has 0 atom stereocenters. The van der Waals surface area contributed by atoms with E-state index in [0.717, 1.165) is 18.7 Å². The molecule has 1 aliphatic rings. The third-order valence-corrected chi connectivity index (χ3v) is 3.05. The first kappa shape index (κ1) is 15.1. The van der Waals surface area contributed by atoms with Crippen LogP contribution in [0.25, 0.3) is 0 Å². The lowest BCUT2D eigenvalue weighted by atomic mass is 10.2. The van der Waals surface area contributed by atoms with Gasteiger partial charge in [-0.2, -0.15) is 0 Å². The summed E-state index contributed by atoms with van der Waals surface area (Å²) in [6, 6.07) is 7.37. The van der Waals surface area contributed by atoms with Gasteiger partial charge < -0.3 is 15.0 Å². The number of benzene rings is 1. The standard InChI is InChI=1S/C12H15ClN2O2.ClH/c13-11-4-2-1-3-10(11)9-17-12(16)15-7-5-14-6-8-15;/h1-4,14H,5-9H2;1H. The van der Waals surface area contributed by atoms with Crippen LogP contribution in [-0.2, 0) is 11.3 Å². The number of hydrogen-bond acceptors (Lipinski definition) is 3. The molecule has 4 nitrogen and oxygen atoms in total. The van der Waals surface area contributed by atoms with E-state index in [4.69, 9.17) is 16.3 Å². The van der Waals surface area contributed by atoms with E-state index in [1.54, 1.807) is 11.0 Å². The van der Waals surface area contributed by atoms with Crippen LogP contribution in [0.2, 0.25) is 5.02 Å². The molecule has 0 radical (unpaired) electrons. The molecule has 2 rings (SSSR count). The van der Waals surface area contributed by atoms with Crippen molar-refractivity contribution in [1.82, 2.24) is 10.2 Å². The molecule has 18 heavy (non-hydrogen) atoms. The van der Waals surface area contributed by atoms with Crippen molar-refractivity contribution in [1.29, 1.82) is 0 Å². The fourth-order valence-corrected chi connectivity index (χ4v) is 1.88. The normalized spacial score (nSPS) is 14.8. The lowest BCUT2D eigenvalue weighted by Crippen LogP contribution is -2.46. The lowest BCUT2D eigenvalue weighted by molar-refractivity contribution is 0.0919. The average Bonchev–Trinajstić information content (AvgIpc) is 2.38. The van der Waals surface area contributed by atoms with Gasteiger partial charge in [0.2, 0.25) is 0 Å². The fourth-order valence-electron chi connectivity index (χ4n) is 1.69. The van der Waals surface area contributed by atoms with Crippen LogP contribution >= 0.6 is 24.0 Å². The first-order valence-corrected chi connectivity index (χ1v) is 6.01. The van der Waals surface area contributed by atoms with Gasteiger partial charge in [0.1, 0.15) is 6.61 Å². The largest absolute Gasteiger partial charge is 0.444 e. The van der Waals surface area contributed by atoms with E-state index in [1.807, 2.05) is 18.2 Å². The van der Waals surface area contributed by atoms with E-state index in [2.05, 4.69) is 5.32 Å². The molecule has 1 N–H and O–H groups in total. The molecule has 6 heteroatoms. The predicted molar refractivity (Wildman–Crippen MR) is 73.3 cm³/mol. The quantitative estimate of drug-likeness (QED) is 0.909. The number of rotatable bonds is 2. The maximum Gasteiger partial charge on any atom is 0.410 e. The third-order valence-electron chi connectivity index (χ3n) is 2.68. The summed E-state index contributed by atoms with van der Waals surface area (Å²) in [5.41, 5.74) is 0.831. The van der Waals surface area contributed by atoms with Gasteiger partial charge in [-0.15, -0.1) is 12.4 Å². The van der Waals surface area contributed by atoms with Crippen molar-refractivity contribution in [2.75, 3.05) is 26.2 Å². The third kappa shape index (κ3) is 4.05. The van der Waals surface area contributed by atoms with Crippen LogP contribution in [-0.4, -0.2) is 37.2 Å². The molecule has 1 aliphatic heterocycles. The van der Waals surface area contributed by atoms with E-state index < -0.39 is 0 Å². The minimum atomic E-state index is -0.272. The molecule has 1 aromatic rings. The van der Waals surface area contributed by atoms with Gasteiger partial charge in [-0.05, 0) is 6.07 Å². The summed E-state index contributed by atoms with van der Waals surface area (Å²) in [6.45, 7) is 3.26. The second kappa shape index (κ2) is 7.46. The summed E-state index contributed by atoms with van der Waals surface area (Å²) in [4.78, 5) is 13.4. The highest BCUT2D eigenvalue weighted by Crippen LogP contribution is 2.16. The number of piperazine rings is 1. The van der Waals surface area contributed by atoms with Gasteiger partial charge in [-0.25, -0.2) is 4.79 Å². The predicted octanol–water partition coefficient (Wildman–Crippen LogP) is 2.30. The van der Waals surface area contributed by atoms with Crippen molar-refractivity contribution in [3.05, 3.63) is 34.9 Å². The van der Waals surface area contributed by atoms with E-state index in [1.165, 1.54) is 0 Å². The molecular weight excluding hydrogens is 275 g/mol. The SMILES string of the molecule is Cl.O=C(OCc1ccccc1Cl)N1CCNCC1. The van der Waals surface area contributed by atoms with Crippen molar-refractivity contribution in [2.45, 2.75) is 6.61 Å². The zero-order chi connectivity index (χ0) is 12.1. The van der Waals surface area contributed by atoms with Crippen molar-refractivity contribution >= 4 is 30.1 Å². The molecule has 0 aromatic heterocycles. The van der Waals surface area contributed by atoms with Crippen LogP contribution < -0.4 is 5.32 Å². The van der Waals surface area contributed by atoms with Gasteiger partial charge in [0, 0.05) is 36.8 Å². The maximum absolute atomic E-state index is 11.7. The summed E-state index contributed by atoms with van der Waals surface area (Å²) >= 11 is 5.98. The van der Waals surface area contributed by atoms with Gasteiger partial charge >= 0.3 is 6.09 Å². The Morgan fingerprint density at radius 3 is 2.67 bits per heavy atom. The number of nitrogens with one attached hydrogen (secondary N) is 1. The fraction of sp³-hybridized carbons (Fsp3) is 0.417. The Morgan fingerprint density at radius 2 is 2.00 bits per heavy atom. The average molecular weight is 291 g/mol. The monoisotopic (exact) mass is 290 g/mol. The Kier molecular flexibility index (Phi) is 6.25. The summed E-state index contributed by atoms with van der Waals surface area (Å²) in [6.07, 6.45) is -0.272. The van der Waals surface area contributed by atoms with Crippen LogP contribution in [0.3, 0.4) is 0 Å². The summed E-state index contributed by atoms with van der Waals surface area (Å²) < 4.78 is 5.22.